The van der Waals surface area contributed by atoms with Crippen molar-refractivity contribution in [2.75, 3.05) is 11.4 Å². The number of anilines is 1. The van der Waals surface area contributed by atoms with Crippen molar-refractivity contribution in [1.29, 1.82) is 0 Å². The molecule has 146 valence electrons. The van der Waals surface area contributed by atoms with Gasteiger partial charge in [0.15, 0.2) is 0 Å². The van der Waals surface area contributed by atoms with Crippen LogP contribution >= 0.6 is 0 Å². The van der Waals surface area contributed by atoms with E-state index in [2.05, 4.69) is 22.1 Å². The minimum absolute atomic E-state index is 0.0667. The Morgan fingerprint density at radius 1 is 1.33 bits per heavy atom. The molecule has 27 heavy (non-hydrogen) atoms. The van der Waals surface area contributed by atoms with Crippen molar-refractivity contribution < 1.29 is 13.9 Å². The molecule has 2 atom stereocenters. The summed E-state index contributed by atoms with van der Waals surface area (Å²) >= 11 is 0. The van der Waals surface area contributed by atoms with Gasteiger partial charge in [-0.05, 0) is 71.7 Å². The van der Waals surface area contributed by atoms with Gasteiger partial charge < -0.3 is 15.0 Å². The van der Waals surface area contributed by atoms with E-state index < -0.39 is 5.60 Å². The van der Waals surface area contributed by atoms with Crippen LogP contribution in [-0.2, 0) is 4.74 Å². The van der Waals surface area contributed by atoms with Crippen molar-refractivity contribution in [2.24, 2.45) is 0 Å². The van der Waals surface area contributed by atoms with Crippen LogP contribution in [0.5, 0.6) is 0 Å². The number of hydrogen-bond donors (Lipinski definition) is 1. The normalized spacial score (nSPS) is 20.6. The molecule has 3 rings (SSSR count). The molecule has 1 aliphatic rings. The van der Waals surface area contributed by atoms with E-state index in [-0.39, 0.29) is 24.0 Å². The highest BCUT2D eigenvalue weighted by Gasteiger charge is 2.29. The smallest absolute Gasteiger partial charge is 0.407 e. The summed E-state index contributed by atoms with van der Waals surface area (Å²) in [6, 6.07) is 7.00. The number of aromatic nitrogens is 1. The average molecular weight is 373 g/mol. The summed E-state index contributed by atoms with van der Waals surface area (Å²) in [6.45, 7) is 10.4. The maximum atomic E-state index is 13.8. The molecule has 0 aliphatic carbocycles. The highest BCUT2D eigenvalue weighted by Crippen LogP contribution is 2.32. The van der Waals surface area contributed by atoms with E-state index in [0.29, 0.717) is 0 Å². The number of pyridine rings is 1. The van der Waals surface area contributed by atoms with Gasteiger partial charge >= 0.3 is 6.09 Å². The molecule has 1 aliphatic heterocycles. The van der Waals surface area contributed by atoms with Crippen molar-refractivity contribution >= 4 is 22.7 Å². The van der Waals surface area contributed by atoms with Crippen LogP contribution in [0, 0.1) is 12.7 Å². The number of benzene rings is 1. The molecule has 1 amide bonds. The summed E-state index contributed by atoms with van der Waals surface area (Å²) in [5, 5.41) is 3.80. The summed E-state index contributed by atoms with van der Waals surface area (Å²) in [7, 11) is 0. The van der Waals surface area contributed by atoms with Gasteiger partial charge in [-0.1, -0.05) is 0 Å². The summed E-state index contributed by atoms with van der Waals surface area (Å²) in [5.41, 5.74) is 2.20. The van der Waals surface area contributed by atoms with Gasteiger partial charge in [0.2, 0.25) is 0 Å². The Hall–Kier alpha value is -2.37. The zero-order valence-corrected chi connectivity index (χ0v) is 16.7. The second-order valence-electron chi connectivity index (χ2n) is 8.35. The maximum Gasteiger partial charge on any atom is 0.407 e. The van der Waals surface area contributed by atoms with Crippen molar-refractivity contribution in [3.63, 3.8) is 0 Å². The molecule has 6 heteroatoms. The number of halogens is 1. The van der Waals surface area contributed by atoms with Crippen LogP contribution in [0.25, 0.3) is 10.9 Å². The van der Waals surface area contributed by atoms with Crippen LogP contribution in [0.3, 0.4) is 0 Å². The molecule has 2 heterocycles. The van der Waals surface area contributed by atoms with Crippen molar-refractivity contribution in [1.82, 2.24) is 10.3 Å². The minimum atomic E-state index is -0.506. The second kappa shape index (κ2) is 7.33. The van der Waals surface area contributed by atoms with E-state index in [0.717, 1.165) is 41.7 Å². The number of nitrogens with one attached hydrogen (secondary N) is 1. The number of amides is 1. The number of carbonyl (C=O) groups is 1. The quantitative estimate of drug-likeness (QED) is 0.838. The number of rotatable bonds is 2. The third-order valence-corrected chi connectivity index (χ3v) is 4.78. The zero-order valence-electron chi connectivity index (χ0n) is 16.7. The van der Waals surface area contributed by atoms with Crippen LogP contribution in [0.2, 0.25) is 0 Å². The van der Waals surface area contributed by atoms with Gasteiger partial charge in [-0.25, -0.2) is 9.18 Å². The van der Waals surface area contributed by atoms with Crippen LogP contribution in [0.4, 0.5) is 14.9 Å². The lowest BCUT2D eigenvalue weighted by atomic mass is 9.96. The largest absolute Gasteiger partial charge is 0.444 e. The van der Waals surface area contributed by atoms with Gasteiger partial charge in [0.25, 0.3) is 0 Å². The Labute approximate surface area is 159 Å². The first-order valence-corrected chi connectivity index (χ1v) is 9.45. The fourth-order valence-electron chi connectivity index (χ4n) is 3.68. The fourth-order valence-corrected chi connectivity index (χ4v) is 3.68. The van der Waals surface area contributed by atoms with E-state index in [9.17, 15) is 9.18 Å². The standard InChI is InChI=1S/C21H28FN3O2/c1-13-10-19(17-12-15(22)6-7-18(17)23-13)25-9-8-16(11-14(25)2)24-20(26)27-21(3,4)5/h6-7,10,12,14,16H,8-9,11H2,1-5H3,(H,24,26). The first-order valence-electron chi connectivity index (χ1n) is 9.45. The predicted molar refractivity (Wildman–Crippen MR) is 106 cm³/mol. The Bertz CT molecular complexity index is 847. The van der Waals surface area contributed by atoms with Crippen LogP contribution in [-0.4, -0.2) is 35.3 Å². The zero-order chi connectivity index (χ0) is 19.8. The molecule has 0 radical (unpaired) electrons. The highest BCUT2D eigenvalue weighted by atomic mass is 19.1. The summed E-state index contributed by atoms with van der Waals surface area (Å²) in [5.74, 6) is -0.261. The van der Waals surface area contributed by atoms with Crippen molar-refractivity contribution in [3.05, 3.63) is 35.8 Å². The number of hydrogen-bond acceptors (Lipinski definition) is 4. The van der Waals surface area contributed by atoms with Gasteiger partial charge in [0.1, 0.15) is 11.4 Å². The minimum Gasteiger partial charge on any atom is -0.444 e. The second-order valence-corrected chi connectivity index (χ2v) is 8.35. The predicted octanol–water partition coefficient (Wildman–Crippen LogP) is 4.56. The maximum absolute atomic E-state index is 13.8. The van der Waals surface area contributed by atoms with E-state index in [1.54, 1.807) is 12.1 Å². The summed E-state index contributed by atoms with van der Waals surface area (Å²) in [6.07, 6.45) is 1.24. The Morgan fingerprint density at radius 3 is 2.74 bits per heavy atom. The van der Waals surface area contributed by atoms with Gasteiger partial charge in [0, 0.05) is 35.4 Å². The number of aryl methyl sites for hydroxylation is 1. The summed E-state index contributed by atoms with van der Waals surface area (Å²) in [4.78, 5) is 18.8. The van der Waals surface area contributed by atoms with Crippen LogP contribution in [0.15, 0.2) is 24.3 Å². The number of carbonyl (C=O) groups excluding carboxylic acids is 1. The molecule has 0 spiro atoms. The van der Waals surface area contributed by atoms with E-state index in [1.807, 2.05) is 33.8 Å². The topological polar surface area (TPSA) is 54.5 Å². The third kappa shape index (κ3) is 4.67. The van der Waals surface area contributed by atoms with Gasteiger partial charge in [0.05, 0.1) is 5.52 Å². The lowest BCUT2D eigenvalue weighted by molar-refractivity contribution is 0.0494. The molecule has 0 saturated carbocycles. The van der Waals surface area contributed by atoms with Gasteiger partial charge in [-0.3, -0.25) is 4.98 Å². The molecule has 1 saturated heterocycles. The van der Waals surface area contributed by atoms with Crippen molar-refractivity contribution in [2.45, 2.75) is 65.1 Å². The fraction of sp³-hybridized carbons (Fsp3) is 0.524. The summed E-state index contributed by atoms with van der Waals surface area (Å²) < 4.78 is 19.2. The first-order chi connectivity index (χ1) is 12.6. The monoisotopic (exact) mass is 373 g/mol. The Morgan fingerprint density at radius 2 is 2.07 bits per heavy atom. The molecular weight excluding hydrogens is 345 g/mol. The molecule has 5 nitrogen and oxygen atoms in total. The number of ether oxygens (including phenoxy) is 1. The molecule has 1 aromatic heterocycles. The molecule has 0 bridgehead atoms. The molecule has 1 fully saturated rings. The highest BCUT2D eigenvalue weighted by molar-refractivity contribution is 5.92. The van der Waals surface area contributed by atoms with E-state index in [4.69, 9.17) is 4.74 Å². The van der Waals surface area contributed by atoms with E-state index in [1.165, 1.54) is 6.07 Å². The molecule has 2 unspecified atom stereocenters. The average Bonchev–Trinajstić information content (AvgIpc) is 2.53. The molecule has 2 aromatic rings. The first kappa shape index (κ1) is 19.4. The van der Waals surface area contributed by atoms with E-state index >= 15 is 0 Å². The number of alkyl carbamates (subject to hydrolysis) is 1. The van der Waals surface area contributed by atoms with Gasteiger partial charge in [-0.15, -0.1) is 0 Å². The van der Waals surface area contributed by atoms with Crippen LogP contribution in [0.1, 0.15) is 46.2 Å². The van der Waals surface area contributed by atoms with Crippen LogP contribution < -0.4 is 10.2 Å². The SMILES string of the molecule is Cc1cc(N2CCC(NC(=O)OC(C)(C)C)CC2C)c2cc(F)ccc2n1. The lowest BCUT2D eigenvalue weighted by Crippen LogP contribution is -2.50. The molecule has 1 N–H and O–H groups in total. The third-order valence-electron chi connectivity index (χ3n) is 4.78. The number of piperidine rings is 1. The van der Waals surface area contributed by atoms with Crippen molar-refractivity contribution in [3.8, 4) is 0 Å². The molecular formula is C21H28FN3O2. The van der Waals surface area contributed by atoms with Gasteiger partial charge in [-0.2, -0.15) is 0 Å². The number of fused-ring (bicyclic) bond motifs is 1. The number of nitrogens with zero attached hydrogens (tertiary/aromatic N) is 2. The Balaban J connectivity index is 1.76. The Kier molecular flexibility index (Phi) is 5.27. The lowest BCUT2D eigenvalue weighted by Gasteiger charge is -2.40. The molecule has 1 aromatic carbocycles.